The monoisotopic (exact) mass is 361 g/mol. The van der Waals surface area contributed by atoms with Gasteiger partial charge in [-0.2, -0.15) is 0 Å². The first-order chi connectivity index (χ1) is 11.5. The second-order valence-corrected chi connectivity index (χ2v) is 6.17. The lowest BCUT2D eigenvalue weighted by Gasteiger charge is -2.07. The van der Waals surface area contributed by atoms with E-state index in [4.69, 9.17) is 11.6 Å². The van der Waals surface area contributed by atoms with Crippen molar-refractivity contribution in [3.05, 3.63) is 80.7 Å². The highest BCUT2D eigenvalue weighted by Crippen LogP contribution is 2.16. The van der Waals surface area contributed by atoms with Crippen molar-refractivity contribution in [3.63, 3.8) is 0 Å². The van der Waals surface area contributed by atoms with Crippen LogP contribution in [0.15, 0.2) is 65.4 Å². The smallest absolute Gasteiger partial charge is 0.266 e. The third kappa shape index (κ3) is 4.53. The van der Waals surface area contributed by atoms with E-state index in [0.717, 1.165) is 11.3 Å². The van der Waals surface area contributed by atoms with Gasteiger partial charge in [-0.05, 0) is 18.2 Å². The van der Waals surface area contributed by atoms with E-state index in [1.807, 2.05) is 0 Å². The predicted octanol–water partition coefficient (Wildman–Crippen LogP) is 3.09. The fourth-order valence-electron chi connectivity index (χ4n) is 1.90. The molecule has 124 valence electrons. The van der Waals surface area contributed by atoms with Crippen LogP contribution >= 0.6 is 22.9 Å². The number of benzene rings is 1. The summed E-state index contributed by atoms with van der Waals surface area (Å²) in [7, 11) is 0. The summed E-state index contributed by atoms with van der Waals surface area (Å²) >= 11 is 7.03. The van der Waals surface area contributed by atoms with E-state index in [1.165, 1.54) is 10.6 Å². The van der Waals surface area contributed by atoms with Crippen LogP contribution in [0.1, 0.15) is 9.67 Å². The third-order valence-corrected chi connectivity index (χ3v) is 4.22. The lowest BCUT2D eigenvalue weighted by Crippen LogP contribution is -2.32. The molecule has 1 aromatic heterocycles. The zero-order valence-corrected chi connectivity index (χ0v) is 14.4. The Morgan fingerprint density at radius 1 is 1.33 bits per heavy atom. The Kier molecular flexibility index (Phi) is 6.28. The summed E-state index contributed by atoms with van der Waals surface area (Å²) in [4.78, 5) is 29.7. The molecule has 2 aromatic rings. The number of hydrogen-bond donors (Lipinski definition) is 1. The molecule has 0 fully saturated rings. The van der Waals surface area contributed by atoms with Crippen LogP contribution in [0.5, 0.6) is 0 Å². The van der Waals surface area contributed by atoms with Crippen LogP contribution in [0.2, 0.25) is 5.02 Å². The standard InChI is InChI=1S/C17H16ClN3O2S/c1-3-8-19-17-21(9-4-2)15(22)11-14(24-17)16(23)20-13-7-5-6-12(18)10-13/h3-7,10-11H,1-2,8-9H2,(H,20,23). The third-order valence-electron chi connectivity index (χ3n) is 2.93. The van der Waals surface area contributed by atoms with Gasteiger partial charge in [0, 0.05) is 23.3 Å². The van der Waals surface area contributed by atoms with Gasteiger partial charge >= 0.3 is 0 Å². The molecule has 0 aliphatic heterocycles. The highest BCUT2D eigenvalue weighted by molar-refractivity contribution is 7.11. The minimum atomic E-state index is -0.389. The molecular weight excluding hydrogens is 346 g/mol. The van der Waals surface area contributed by atoms with Crippen LogP contribution in [-0.2, 0) is 6.54 Å². The summed E-state index contributed by atoms with van der Waals surface area (Å²) < 4.78 is 1.46. The Morgan fingerprint density at radius 3 is 2.79 bits per heavy atom. The summed E-state index contributed by atoms with van der Waals surface area (Å²) in [6.45, 7) is 7.91. The number of nitrogens with zero attached hydrogens (tertiary/aromatic N) is 2. The maximum absolute atomic E-state index is 12.4. The van der Waals surface area contributed by atoms with Crippen LogP contribution < -0.4 is 15.7 Å². The van der Waals surface area contributed by atoms with Crippen molar-refractivity contribution in [1.82, 2.24) is 4.57 Å². The summed E-state index contributed by atoms with van der Waals surface area (Å²) in [6.07, 6.45) is 3.22. The zero-order chi connectivity index (χ0) is 17.5. The van der Waals surface area contributed by atoms with Gasteiger partial charge < -0.3 is 5.32 Å². The summed E-state index contributed by atoms with van der Waals surface area (Å²) in [5.74, 6) is -0.389. The molecule has 0 aliphatic rings. The normalized spacial score (nSPS) is 11.1. The van der Waals surface area contributed by atoms with Gasteiger partial charge in [0.15, 0.2) is 4.80 Å². The van der Waals surface area contributed by atoms with Crippen LogP contribution in [0.4, 0.5) is 5.69 Å². The van der Waals surface area contributed by atoms with E-state index in [2.05, 4.69) is 23.5 Å². The Morgan fingerprint density at radius 2 is 2.12 bits per heavy atom. The molecule has 5 nitrogen and oxygen atoms in total. The van der Waals surface area contributed by atoms with Gasteiger partial charge in [0.05, 0.1) is 6.54 Å². The maximum atomic E-state index is 12.4. The van der Waals surface area contributed by atoms with Crippen molar-refractivity contribution in [1.29, 1.82) is 0 Å². The number of anilines is 1. The molecule has 0 unspecified atom stereocenters. The molecule has 24 heavy (non-hydrogen) atoms. The zero-order valence-electron chi connectivity index (χ0n) is 12.9. The summed E-state index contributed by atoms with van der Waals surface area (Å²) in [6, 6.07) is 8.08. The van der Waals surface area contributed by atoms with Crippen molar-refractivity contribution >= 4 is 34.5 Å². The molecule has 7 heteroatoms. The first kappa shape index (κ1) is 17.9. The minimum absolute atomic E-state index is 0.267. The molecule has 0 radical (unpaired) electrons. The molecule has 0 bridgehead atoms. The van der Waals surface area contributed by atoms with Crippen LogP contribution in [0, 0.1) is 0 Å². The molecule has 1 N–H and O–H groups in total. The van der Waals surface area contributed by atoms with E-state index in [0.29, 0.717) is 28.6 Å². The number of halogens is 1. The van der Waals surface area contributed by atoms with Gasteiger partial charge in [0.25, 0.3) is 11.5 Å². The van der Waals surface area contributed by atoms with Gasteiger partial charge in [-0.25, -0.2) is 0 Å². The highest BCUT2D eigenvalue weighted by Gasteiger charge is 2.11. The fourth-order valence-corrected chi connectivity index (χ4v) is 3.00. The first-order valence-corrected chi connectivity index (χ1v) is 8.28. The lowest BCUT2D eigenvalue weighted by molar-refractivity contribution is 0.103. The number of allylic oxidation sites excluding steroid dienone is 1. The van der Waals surface area contributed by atoms with Crippen LogP contribution in [-0.4, -0.2) is 17.0 Å². The quantitative estimate of drug-likeness (QED) is 0.803. The predicted molar refractivity (Wildman–Crippen MR) is 98.8 cm³/mol. The van der Waals surface area contributed by atoms with Crippen molar-refractivity contribution in [2.24, 2.45) is 4.99 Å². The molecule has 1 heterocycles. The molecule has 1 amide bonds. The largest absolute Gasteiger partial charge is 0.321 e. The number of carbonyl (C=O) groups is 1. The van der Waals surface area contributed by atoms with E-state index < -0.39 is 0 Å². The van der Waals surface area contributed by atoms with Gasteiger partial charge in [-0.1, -0.05) is 41.2 Å². The van der Waals surface area contributed by atoms with Gasteiger partial charge in [-0.15, -0.1) is 13.2 Å². The Labute approximate surface area is 148 Å². The number of amides is 1. The highest BCUT2D eigenvalue weighted by atomic mass is 35.5. The van der Waals surface area contributed by atoms with E-state index in [1.54, 1.807) is 36.4 Å². The first-order valence-electron chi connectivity index (χ1n) is 7.09. The number of nitrogens with one attached hydrogen (secondary N) is 1. The Balaban J connectivity index is 2.41. The molecule has 0 atom stereocenters. The molecule has 0 saturated carbocycles. The van der Waals surface area contributed by atoms with Crippen LogP contribution in [0.3, 0.4) is 0 Å². The Hall–Kier alpha value is -2.44. The molecule has 0 spiro atoms. The number of hydrogen-bond acceptors (Lipinski definition) is 4. The summed E-state index contributed by atoms with van der Waals surface area (Å²) in [5, 5.41) is 3.23. The second kappa shape index (κ2) is 8.42. The molecule has 0 saturated heterocycles. The number of rotatable bonds is 6. The van der Waals surface area contributed by atoms with Gasteiger partial charge in [0.1, 0.15) is 4.88 Å². The minimum Gasteiger partial charge on any atom is -0.321 e. The molecule has 0 aliphatic carbocycles. The number of carbonyl (C=O) groups excluding carboxylic acids is 1. The molecule has 2 rings (SSSR count). The second-order valence-electron chi connectivity index (χ2n) is 4.72. The summed E-state index contributed by atoms with van der Waals surface area (Å²) in [5.41, 5.74) is 0.243. The fraction of sp³-hybridized carbons (Fsp3) is 0.118. The Bertz CT molecular complexity index is 899. The lowest BCUT2D eigenvalue weighted by atomic mass is 10.3. The van der Waals surface area contributed by atoms with Crippen molar-refractivity contribution in [3.8, 4) is 0 Å². The van der Waals surface area contributed by atoms with Crippen LogP contribution in [0.25, 0.3) is 0 Å². The SMILES string of the molecule is C=CCN=c1sc(C(=O)Nc2cccc(Cl)c2)cc(=O)n1CC=C. The number of aromatic nitrogens is 1. The van der Waals surface area contributed by atoms with E-state index in [9.17, 15) is 9.59 Å². The maximum Gasteiger partial charge on any atom is 0.266 e. The molecular formula is C17H16ClN3O2S. The molecule has 1 aromatic carbocycles. The van der Waals surface area contributed by atoms with E-state index in [-0.39, 0.29) is 16.3 Å². The van der Waals surface area contributed by atoms with Gasteiger partial charge in [-0.3, -0.25) is 19.1 Å². The van der Waals surface area contributed by atoms with E-state index >= 15 is 0 Å². The van der Waals surface area contributed by atoms with Crippen molar-refractivity contribution in [2.45, 2.75) is 6.54 Å². The van der Waals surface area contributed by atoms with Gasteiger partial charge in [0.2, 0.25) is 0 Å². The average molecular weight is 362 g/mol. The van der Waals surface area contributed by atoms with Crippen molar-refractivity contribution < 1.29 is 4.79 Å². The topological polar surface area (TPSA) is 63.5 Å². The van der Waals surface area contributed by atoms with Crippen molar-refractivity contribution in [2.75, 3.05) is 11.9 Å². The average Bonchev–Trinajstić information content (AvgIpc) is 2.55.